The number of hydrogen-bond acceptors (Lipinski definition) is 5. The number of carbonyl (C=O) groups is 2. The zero-order valence-corrected chi connectivity index (χ0v) is 15.3. The smallest absolute Gasteiger partial charge is 0.273 e. The maximum Gasteiger partial charge on any atom is 0.273 e. The molecule has 0 spiro atoms. The molecule has 2 aliphatic rings. The van der Waals surface area contributed by atoms with Gasteiger partial charge < -0.3 is 14.7 Å². The van der Waals surface area contributed by atoms with Crippen LogP contribution in [0, 0.1) is 18.8 Å². The first-order chi connectivity index (χ1) is 11.9. The third-order valence-corrected chi connectivity index (χ3v) is 5.33. The minimum Gasteiger partial charge on any atom is -0.361 e. The lowest BCUT2D eigenvalue weighted by atomic mass is 9.91. The Morgan fingerprint density at radius 3 is 2.80 bits per heavy atom. The molecule has 2 fully saturated rings. The van der Waals surface area contributed by atoms with Crippen LogP contribution in [0.4, 0.5) is 0 Å². The van der Waals surface area contributed by atoms with Crippen LogP contribution in [0.15, 0.2) is 10.6 Å². The molecule has 1 aromatic rings. The van der Waals surface area contributed by atoms with Gasteiger partial charge in [-0.1, -0.05) is 19.0 Å². The zero-order valence-electron chi connectivity index (χ0n) is 15.3. The minimum atomic E-state index is -0.177. The fourth-order valence-electron chi connectivity index (χ4n) is 3.84. The summed E-state index contributed by atoms with van der Waals surface area (Å²) in [4.78, 5) is 28.5. The van der Waals surface area contributed by atoms with Gasteiger partial charge in [0.2, 0.25) is 5.91 Å². The number of amides is 2. The van der Waals surface area contributed by atoms with Crippen LogP contribution in [0.5, 0.6) is 0 Å². The lowest BCUT2D eigenvalue weighted by Gasteiger charge is -2.22. The van der Waals surface area contributed by atoms with Crippen molar-refractivity contribution in [2.24, 2.45) is 11.8 Å². The van der Waals surface area contributed by atoms with E-state index in [0.29, 0.717) is 29.7 Å². The van der Waals surface area contributed by atoms with Crippen LogP contribution in [0.25, 0.3) is 0 Å². The number of likely N-dealkylation sites (tertiary alicyclic amines) is 2. The van der Waals surface area contributed by atoms with Gasteiger partial charge in [-0.05, 0) is 25.2 Å². The van der Waals surface area contributed by atoms with Crippen molar-refractivity contribution >= 4 is 11.8 Å². The van der Waals surface area contributed by atoms with Crippen LogP contribution in [-0.4, -0.2) is 65.5 Å². The van der Waals surface area contributed by atoms with E-state index in [1.807, 2.05) is 4.90 Å². The number of rotatable bonds is 6. The van der Waals surface area contributed by atoms with Gasteiger partial charge in [0.15, 0.2) is 5.69 Å². The number of aromatic nitrogens is 1. The summed E-state index contributed by atoms with van der Waals surface area (Å²) in [6.07, 6.45) is 1.66. The van der Waals surface area contributed by atoms with Crippen molar-refractivity contribution in [3.8, 4) is 0 Å². The van der Waals surface area contributed by atoms with E-state index in [2.05, 4.69) is 29.2 Å². The van der Waals surface area contributed by atoms with Gasteiger partial charge in [-0.15, -0.1) is 0 Å². The van der Waals surface area contributed by atoms with E-state index in [1.54, 1.807) is 13.0 Å². The fraction of sp³-hybridized carbons (Fsp3) is 0.722. The van der Waals surface area contributed by atoms with Crippen molar-refractivity contribution in [3.05, 3.63) is 17.5 Å². The Labute approximate surface area is 148 Å². The largest absolute Gasteiger partial charge is 0.361 e. The van der Waals surface area contributed by atoms with Gasteiger partial charge in [0.1, 0.15) is 5.76 Å². The maximum atomic E-state index is 12.4. The summed E-state index contributed by atoms with van der Waals surface area (Å²) in [6.45, 7) is 10.5. The van der Waals surface area contributed by atoms with E-state index < -0.39 is 0 Å². The van der Waals surface area contributed by atoms with Gasteiger partial charge in [-0.25, -0.2) is 0 Å². The topological polar surface area (TPSA) is 78.7 Å². The molecule has 0 aliphatic carbocycles. The van der Waals surface area contributed by atoms with Crippen molar-refractivity contribution in [2.45, 2.75) is 39.7 Å². The van der Waals surface area contributed by atoms with E-state index in [1.165, 1.54) is 0 Å². The number of carbonyl (C=O) groups excluding carboxylic acids is 2. The molecule has 1 N–H and O–H groups in total. The molecule has 2 amide bonds. The Morgan fingerprint density at radius 1 is 1.40 bits per heavy atom. The molecule has 3 rings (SSSR count). The van der Waals surface area contributed by atoms with Crippen LogP contribution < -0.4 is 5.32 Å². The molecule has 3 heterocycles. The molecule has 7 heteroatoms. The second-order valence-electron chi connectivity index (χ2n) is 7.55. The van der Waals surface area contributed by atoms with Crippen molar-refractivity contribution < 1.29 is 14.1 Å². The minimum absolute atomic E-state index is 0.0961. The first-order valence-corrected chi connectivity index (χ1v) is 9.18. The van der Waals surface area contributed by atoms with Crippen molar-refractivity contribution in [1.29, 1.82) is 0 Å². The molecule has 2 aliphatic heterocycles. The lowest BCUT2D eigenvalue weighted by molar-refractivity contribution is -0.127. The molecule has 2 atom stereocenters. The molecular weight excluding hydrogens is 320 g/mol. The molecule has 25 heavy (non-hydrogen) atoms. The Hall–Kier alpha value is -1.89. The predicted molar refractivity (Wildman–Crippen MR) is 93.1 cm³/mol. The Balaban J connectivity index is 1.56. The summed E-state index contributed by atoms with van der Waals surface area (Å²) in [7, 11) is 0. The van der Waals surface area contributed by atoms with Crippen molar-refractivity contribution in [2.75, 3.05) is 32.7 Å². The molecule has 0 radical (unpaired) electrons. The highest BCUT2D eigenvalue weighted by Gasteiger charge is 2.36. The van der Waals surface area contributed by atoms with Crippen LogP contribution in [0.1, 0.15) is 42.9 Å². The van der Waals surface area contributed by atoms with Crippen LogP contribution in [0.3, 0.4) is 0 Å². The average molecular weight is 348 g/mol. The molecular formula is C18H28N4O3. The highest BCUT2D eigenvalue weighted by Crippen LogP contribution is 2.25. The molecule has 2 saturated heterocycles. The molecule has 138 valence electrons. The summed E-state index contributed by atoms with van der Waals surface area (Å²) >= 11 is 0. The van der Waals surface area contributed by atoms with E-state index in [0.717, 1.165) is 39.1 Å². The highest BCUT2D eigenvalue weighted by molar-refractivity contribution is 5.92. The first-order valence-electron chi connectivity index (χ1n) is 9.18. The number of nitrogens with one attached hydrogen (secondary N) is 1. The molecule has 7 nitrogen and oxygen atoms in total. The average Bonchev–Trinajstić information content (AvgIpc) is 3.26. The van der Waals surface area contributed by atoms with Gasteiger partial charge in [-0.3, -0.25) is 14.5 Å². The summed E-state index contributed by atoms with van der Waals surface area (Å²) < 4.78 is 4.99. The maximum absolute atomic E-state index is 12.4. The van der Waals surface area contributed by atoms with Gasteiger partial charge in [0.05, 0.1) is 0 Å². The third-order valence-electron chi connectivity index (χ3n) is 5.33. The standard InChI is InChI=1S/C18H28N4O3/c1-12(2)14-10-21(7-8-22-6-4-5-17(22)23)11-16(14)19-18(24)15-9-13(3)25-20-15/h9,12,14,16H,4-8,10-11H2,1-3H3,(H,19,24)/t14-,16+/m1/s1. The Bertz CT molecular complexity index is 628. The SMILES string of the molecule is Cc1cc(C(=O)N[C@H]2CN(CCN3CCCC3=O)C[C@@H]2C(C)C)no1. The van der Waals surface area contributed by atoms with Crippen LogP contribution >= 0.6 is 0 Å². The molecule has 0 saturated carbocycles. The zero-order chi connectivity index (χ0) is 18.0. The molecule has 0 aromatic carbocycles. The quantitative estimate of drug-likeness (QED) is 0.838. The first kappa shape index (κ1) is 17.9. The van der Waals surface area contributed by atoms with Gasteiger partial charge in [-0.2, -0.15) is 0 Å². The van der Waals surface area contributed by atoms with E-state index in [-0.39, 0.29) is 17.9 Å². The van der Waals surface area contributed by atoms with E-state index >= 15 is 0 Å². The molecule has 0 unspecified atom stereocenters. The lowest BCUT2D eigenvalue weighted by Crippen LogP contribution is -2.42. The summed E-state index contributed by atoms with van der Waals surface area (Å²) in [5.74, 6) is 1.60. The number of aryl methyl sites for hydroxylation is 1. The number of nitrogens with zero attached hydrogens (tertiary/aromatic N) is 3. The van der Waals surface area contributed by atoms with Crippen LogP contribution in [0.2, 0.25) is 0 Å². The summed E-state index contributed by atoms with van der Waals surface area (Å²) in [5, 5.41) is 6.92. The summed E-state index contributed by atoms with van der Waals surface area (Å²) in [6, 6.07) is 1.75. The van der Waals surface area contributed by atoms with Crippen LogP contribution in [-0.2, 0) is 4.79 Å². The Morgan fingerprint density at radius 2 is 2.20 bits per heavy atom. The summed E-state index contributed by atoms with van der Waals surface area (Å²) in [5.41, 5.74) is 0.334. The van der Waals surface area contributed by atoms with E-state index in [4.69, 9.17) is 4.52 Å². The van der Waals surface area contributed by atoms with E-state index in [9.17, 15) is 9.59 Å². The van der Waals surface area contributed by atoms with Crippen molar-refractivity contribution in [3.63, 3.8) is 0 Å². The predicted octanol–water partition coefficient (Wildman–Crippen LogP) is 1.29. The van der Waals surface area contributed by atoms with Gasteiger partial charge in [0.25, 0.3) is 5.91 Å². The second kappa shape index (κ2) is 7.56. The fourth-order valence-corrected chi connectivity index (χ4v) is 3.84. The van der Waals surface area contributed by atoms with Crippen molar-refractivity contribution in [1.82, 2.24) is 20.3 Å². The van der Waals surface area contributed by atoms with Gasteiger partial charge >= 0.3 is 0 Å². The second-order valence-corrected chi connectivity index (χ2v) is 7.55. The van der Waals surface area contributed by atoms with Gasteiger partial charge in [0, 0.05) is 51.3 Å². The third kappa shape index (κ3) is 4.21. The Kier molecular flexibility index (Phi) is 5.42. The normalized spacial score (nSPS) is 24.5. The molecule has 0 bridgehead atoms. The monoisotopic (exact) mass is 348 g/mol. The number of hydrogen-bond donors (Lipinski definition) is 1. The molecule has 1 aromatic heterocycles. The highest BCUT2D eigenvalue weighted by atomic mass is 16.5.